The molecule has 5 rings (SSSR count). The van der Waals surface area contributed by atoms with Crippen LogP contribution < -0.4 is 10.9 Å². The summed E-state index contributed by atoms with van der Waals surface area (Å²) in [7, 11) is 0. The molecule has 2 atom stereocenters. The van der Waals surface area contributed by atoms with Gasteiger partial charge in [0.2, 0.25) is 0 Å². The predicted molar refractivity (Wildman–Crippen MR) is 146 cm³/mol. The molecule has 2 unspecified atom stereocenters. The van der Waals surface area contributed by atoms with Crippen LogP contribution in [-0.4, -0.2) is 74.7 Å². The number of carbonyl (C=O) groups excluding carboxylic acids is 1. The molecule has 40 heavy (non-hydrogen) atoms. The van der Waals surface area contributed by atoms with Crippen molar-refractivity contribution in [1.82, 2.24) is 19.7 Å². The average molecular weight is 549 g/mol. The number of H-pyrrole nitrogens is 1. The topological polar surface area (TPSA) is 163 Å². The Hall–Kier alpha value is -4.21. The molecule has 0 aliphatic carbocycles. The molecule has 3 aromatic rings. The number of amides is 1. The van der Waals surface area contributed by atoms with E-state index in [0.717, 1.165) is 5.56 Å². The van der Waals surface area contributed by atoms with Gasteiger partial charge in [0.05, 0.1) is 42.4 Å². The molecular formula is C28H32N6O6. The second-order valence-corrected chi connectivity index (χ2v) is 11.1. The largest absolute Gasteiger partial charge is 0.479 e. The van der Waals surface area contributed by atoms with Crippen molar-refractivity contribution in [2.45, 2.75) is 57.3 Å². The fourth-order valence-electron chi connectivity index (χ4n) is 5.54. The van der Waals surface area contributed by atoms with Gasteiger partial charge in [0.25, 0.3) is 11.5 Å². The molecule has 0 radical (unpaired) electrons. The first kappa shape index (κ1) is 27.4. The molecule has 4 heterocycles. The van der Waals surface area contributed by atoms with Crippen LogP contribution in [0.2, 0.25) is 0 Å². The second-order valence-electron chi connectivity index (χ2n) is 11.1. The van der Waals surface area contributed by atoms with Crippen LogP contribution in [0.25, 0.3) is 10.9 Å². The van der Waals surface area contributed by atoms with Crippen molar-refractivity contribution in [3.05, 3.63) is 51.9 Å². The van der Waals surface area contributed by atoms with Crippen LogP contribution in [0.3, 0.4) is 0 Å². The Morgan fingerprint density at radius 1 is 1.32 bits per heavy atom. The number of benzene rings is 1. The Morgan fingerprint density at radius 3 is 2.77 bits per heavy atom. The summed E-state index contributed by atoms with van der Waals surface area (Å²) in [6, 6.07) is 9.22. The molecule has 2 saturated heterocycles. The molecule has 0 spiro atoms. The number of hydrogen-bond donors (Lipinski definition) is 3. The maximum absolute atomic E-state index is 13.3. The van der Waals surface area contributed by atoms with E-state index in [0.29, 0.717) is 48.3 Å². The van der Waals surface area contributed by atoms with Crippen LogP contribution >= 0.6 is 0 Å². The highest BCUT2D eigenvalue weighted by atomic mass is 16.5. The van der Waals surface area contributed by atoms with Crippen molar-refractivity contribution >= 4 is 34.3 Å². The van der Waals surface area contributed by atoms with Gasteiger partial charge in [-0.25, -0.2) is 4.79 Å². The van der Waals surface area contributed by atoms with E-state index in [9.17, 15) is 24.8 Å². The lowest BCUT2D eigenvalue weighted by Gasteiger charge is -2.38. The third-order valence-electron chi connectivity index (χ3n) is 7.59. The number of carboxylic acids is 1. The number of nitrogens with zero attached hydrogens (tertiary/aromatic N) is 4. The third-order valence-corrected chi connectivity index (χ3v) is 7.59. The monoisotopic (exact) mass is 548 g/mol. The van der Waals surface area contributed by atoms with Gasteiger partial charge in [-0.1, -0.05) is 0 Å². The number of aliphatic carboxylic acids is 1. The molecule has 2 aromatic heterocycles. The zero-order chi connectivity index (χ0) is 28.7. The van der Waals surface area contributed by atoms with Crippen molar-refractivity contribution in [3.8, 4) is 6.07 Å². The number of anilines is 2. The number of rotatable bonds is 6. The molecule has 0 bridgehead atoms. The van der Waals surface area contributed by atoms with Crippen LogP contribution in [-0.2, 0) is 19.8 Å². The van der Waals surface area contributed by atoms with Gasteiger partial charge in [0.15, 0.2) is 11.9 Å². The summed E-state index contributed by atoms with van der Waals surface area (Å²) in [6.45, 7) is 7.25. The van der Waals surface area contributed by atoms with Gasteiger partial charge in [-0.3, -0.25) is 14.3 Å². The summed E-state index contributed by atoms with van der Waals surface area (Å²) >= 11 is 0. The highest BCUT2D eigenvalue weighted by Crippen LogP contribution is 2.37. The summed E-state index contributed by atoms with van der Waals surface area (Å²) in [5, 5.41) is 27.2. The van der Waals surface area contributed by atoms with E-state index in [1.807, 2.05) is 26.8 Å². The standard InChI is InChI=1S/C28H32N6O6/c1-17-14-18(4-5-19(17)25(36)33-12-13-40-27(2,3)15-33)31-23-22-20(7-11-30-24(22)35)34(32-23)28(9-10-29)8-6-21(26(37)38)39-16-28/h4-5,7,11,14,21H,6,8-9,12-13,15-16H2,1-3H3,(H,30,35)(H,31,32)(H,37,38). The fraction of sp³-hybridized carbons (Fsp3) is 0.464. The van der Waals surface area contributed by atoms with E-state index >= 15 is 0 Å². The Balaban J connectivity index is 1.47. The van der Waals surface area contributed by atoms with Gasteiger partial charge in [-0.15, -0.1) is 0 Å². The Kier molecular flexibility index (Phi) is 7.12. The van der Waals surface area contributed by atoms with E-state index in [4.69, 9.17) is 14.6 Å². The maximum Gasteiger partial charge on any atom is 0.332 e. The summed E-state index contributed by atoms with van der Waals surface area (Å²) in [4.78, 5) is 42.1. The highest BCUT2D eigenvalue weighted by Gasteiger charge is 2.42. The Morgan fingerprint density at radius 2 is 2.12 bits per heavy atom. The van der Waals surface area contributed by atoms with E-state index in [2.05, 4.69) is 16.4 Å². The lowest BCUT2D eigenvalue weighted by molar-refractivity contribution is -0.158. The maximum atomic E-state index is 13.3. The van der Waals surface area contributed by atoms with Gasteiger partial charge in [-0.2, -0.15) is 10.4 Å². The number of nitriles is 1. The molecule has 12 nitrogen and oxygen atoms in total. The number of morpholine rings is 1. The van der Waals surface area contributed by atoms with E-state index in [1.54, 1.807) is 27.8 Å². The number of carbonyl (C=O) groups is 2. The SMILES string of the molecule is Cc1cc(Nc2nn(C3(CC#N)CCC(C(=O)O)OC3)c3cc[nH]c(=O)c23)ccc1C(=O)N1CCOC(C)(C)C1. The number of nitrogens with one attached hydrogen (secondary N) is 2. The van der Waals surface area contributed by atoms with Crippen molar-refractivity contribution in [2.75, 3.05) is 31.6 Å². The summed E-state index contributed by atoms with van der Waals surface area (Å²) in [5.74, 6) is -0.839. The minimum absolute atomic E-state index is 0.0244. The van der Waals surface area contributed by atoms with Crippen LogP contribution in [0.15, 0.2) is 35.3 Å². The summed E-state index contributed by atoms with van der Waals surface area (Å²) in [6.07, 6.45) is 1.13. The number of aromatic amines is 1. The van der Waals surface area contributed by atoms with Crippen LogP contribution in [0.1, 0.15) is 49.0 Å². The molecule has 210 valence electrons. The molecule has 1 amide bonds. The van der Waals surface area contributed by atoms with Gasteiger partial charge in [-0.05, 0) is 63.4 Å². The lowest BCUT2D eigenvalue weighted by Crippen LogP contribution is -2.50. The van der Waals surface area contributed by atoms with Gasteiger partial charge >= 0.3 is 5.97 Å². The Labute approximate surface area is 230 Å². The first-order chi connectivity index (χ1) is 19.0. The number of pyridine rings is 1. The van der Waals surface area contributed by atoms with E-state index in [1.165, 1.54) is 6.20 Å². The molecule has 0 saturated carbocycles. The third kappa shape index (κ3) is 5.05. The molecular weight excluding hydrogens is 516 g/mol. The number of fused-ring (bicyclic) bond motifs is 1. The fourth-order valence-corrected chi connectivity index (χ4v) is 5.54. The van der Waals surface area contributed by atoms with Crippen LogP contribution in [0.5, 0.6) is 0 Å². The van der Waals surface area contributed by atoms with Crippen molar-refractivity contribution in [3.63, 3.8) is 0 Å². The average Bonchev–Trinajstić information content (AvgIpc) is 3.28. The molecule has 2 fully saturated rings. The first-order valence-electron chi connectivity index (χ1n) is 13.2. The zero-order valence-electron chi connectivity index (χ0n) is 22.7. The van der Waals surface area contributed by atoms with Gasteiger partial charge < -0.3 is 29.8 Å². The van der Waals surface area contributed by atoms with E-state index < -0.39 is 23.2 Å². The number of aromatic nitrogens is 3. The molecule has 3 N–H and O–H groups in total. The molecule has 12 heteroatoms. The van der Waals surface area contributed by atoms with E-state index in [-0.39, 0.29) is 36.7 Å². The van der Waals surface area contributed by atoms with Gasteiger partial charge in [0.1, 0.15) is 5.39 Å². The molecule has 1 aromatic carbocycles. The van der Waals surface area contributed by atoms with Crippen molar-refractivity contribution in [1.29, 1.82) is 5.26 Å². The predicted octanol–water partition coefficient (Wildman–Crippen LogP) is 2.90. The van der Waals surface area contributed by atoms with Crippen molar-refractivity contribution < 1.29 is 24.2 Å². The summed E-state index contributed by atoms with van der Waals surface area (Å²) in [5.41, 5.74) is 0.762. The van der Waals surface area contributed by atoms with Crippen LogP contribution in [0, 0.1) is 18.3 Å². The second kappa shape index (κ2) is 10.4. The zero-order valence-corrected chi connectivity index (χ0v) is 22.7. The molecule has 2 aliphatic heterocycles. The lowest BCUT2D eigenvalue weighted by atomic mass is 9.87. The number of hydrogen-bond acceptors (Lipinski definition) is 8. The van der Waals surface area contributed by atoms with Gasteiger partial charge in [0, 0.05) is 30.5 Å². The van der Waals surface area contributed by atoms with Crippen molar-refractivity contribution in [2.24, 2.45) is 0 Å². The molecule has 2 aliphatic rings. The normalized spacial score (nSPS) is 22.6. The number of ether oxygens (including phenoxy) is 2. The minimum Gasteiger partial charge on any atom is -0.479 e. The van der Waals surface area contributed by atoms with Crippen LogP contribution in [0.4, 0.5) is 11.5 Å². The summed E-state index contributed by atoms with van der Waals surface area (Å²) < 4.78 is 13.0. The quantitative estimate of drug-likeness (QED) is 0.420. The first-order valence-corrected chi connectivity index (χ1v) is 13.2. The number of carboxylic acid groups (broad SMARTS) is 1. The Bertz CT molecular complexity index is 1560. The minimum atomic E-state index is -1.05. The highest BCUT2D eigenvalue weighted by molar-refractivity contribution is 5.97. The smallest absolute Gasteiger partial charge is 0.332 e. The number of aryl methyl sites for hydroxylation is 1.